The zero-order valence-corrected chi connectivity index (χ0v) is 13.5. The van der Waals surface area contributed by atoms with Gasteiger partial charge in [-0.2, -0.15) is 0 Å². The molecule has 4 rings (SSSR count). The molecule has 1 atom stereocenters. The van der Waals surface area contributed by atoms with Gasteiger partial charge >= 0.3 is 5.97 Å². The summed E-state index contributed by atoms with van der Waals surface area (Å²) in [7, 11) is 0. The third-order valence-electron chi connectivity index (χ3n) is 4.69. The van der Waals surface area contributed by atoms with Gasteiger partial charge in [0, 0.05) is 42.5 Å². The monoisotopic (exact) mass is 340 g/mol. The van der Waals surface area contributed by atoms with Crippen LogP contribution in [0.15, 0.2) is 42.9 Å². The Morgan fingerprint density at radius 1 is 1.36 bits per heavy atom. The number of hydrogen-bond donors (Lipinski definition) is 1. The number of rotatable bonds is 4. The van der Waals surface area contributed by atoms with E-state index in [1.54, 1.807) is 12.3 Å². The number of halogens is 1. The summed E-state index contributed by atoms with van der Waals surface area (Å²) in [5.74, 6) is -1.30. The van der Waals surface area contributed by atoms with E-state index in [2.05, 4.69) is 9.55 Å². The number of carboxylic acid groups (broad SMARTS) is 1. The minimum absolute atomic E-state index is 0.217. The first-order valence-electron chi connectivity index (χ1n) is 8.16. The van der Waals surface area contributed by atoms with Gasteiger partial charge in [0.05, 0.1) is 18.2 Å². The maximum atomic E-state index is 13.8. The summed E-state index contributed by atoms with van der Waals surface area (Å²) >= 11 is 0. The highest BCUT2D eigenvalue weighted by atomic mass is 19.1. The quantitative estimate of drug-likeness (QED) is 0.790. The summed E-state index contributed by atoms with van der Waals surface area (Å²) in [6.07, 6.45) is 6.31. The first-order valence-corrected chi connectivity index (χ1v) is 8.16. The second-order valence-electron chi connectivity index (χ2n) is 6.26. The topological polar surface area (TPSA) is 64.3 Å². The molecule has 1 aliphatic rings. The number of fused-ring (bicyclic) bond motifs is 1. The van der Waals surface area contributed by atoms with Gasteiger partial charge in [-0.15, -0.1) is 0 Å². The lowest BCUT2D eigenvalue weighted by Crippen LogP contribution is -2.07. The Morgan fingerprint density at radius 2 is 2.24 bits per heavy atom. The molecule has 0 aliphatic carbocycles. The van der Waals surface area contributed by atoms with Crippen LogP contribution in [0.3, 0.4) is 0 Å². The summed E-state index contributed by atoms with van der Waals surface area (Å²) in [5.41, 5.74) is 2.65. The lowest BCUT2D eigenvalue weighted by Gasteiger charge is -2.11. The Morgan fingerprint density at radius 3 is 3.00 bits per heavy atom. The fraction of sp³-hybridized carbons (Fsp3) is 0.263. The molecule has 25 heavy (non-hydrogen) atoms. The van der Waals surface area contributed by atoms with Crippen molar-refractivity contribution in [1.82, 2.24) is 9.55 Å². The van der Waals surface area contributed by atoms with Gasteiger partial charge in [0.1, 0.15) is 5.82 Å². The molecule has 1 aliphatic heterocycles. The van der Waals surface area contributed by atoms with E-state index in [9.17, 15) is 14.3 Å². The summed E-state index contributed by atoms with van der Waals surface area (Å²) in [5, 5.41) is 10.2. The Bertz CT molecular complexity index is 945. The van der Waals surface area contributed by atoms with E-state index in [1.165, 1.54) is 24.4 Å². The number of aromatic nitrogens is 2. The zero-order chi connectivity index (χ0) is 17.4. The van der Waals surface area contributed by atoms with Gasteiger partial charge in [-0.25, -0.2) is 9.18 Å². The van der Waals surface area contributed by atoms with Crippen LogP contribution >= 0.6 is 0 Å². The van der Waals surface area contributed by atoms with Crippen molar-refractivity contribution in [3.05, 3.63) is 65.4 Å². The average Bonchev–Trinajstić information content (AvgIpc) is 3.23. The van der Waals surface area contributed by atoms with Crippen molar-refractivity contribution in [3.8, 4) is 0 Å². The van der Waals surface area contributed by atoms with Crippen LogP contribution in [-0.4, -0.2) is 33.8 Å². The van der Waals surface area contributed by atoms with Gasteiger partial charge in [-0.3, -0.25) is 4.98 Å². The van der Waals surface area contributed by atoms with E-state index >= 15 is 0 Å². The molecule has 128 valence electrons. The Balaban J connectivity index is 1.82. The van der Waals surface area contributed by atoms with E-state index in [0.29, 0.717) is 25.2 Å². The largest absolute Gasteiger partial charge is 0.478 e. The Labute approximate surface area is 143 Å². The van der Waals surface area contributed by atoms with Gasteiger partial charge in [0.15, 0.2) is 0 Å². The van der Waals surface area contributed by atoms with Gasteiger partial charge in [0.2, 0.25) is 0 Å². The second kappa shape index (κ2) is 6.29. The van der Waals surface area contributed by atoms with E-state index in [-0.39, 0.29) is 17.4 Å². The lowest BCUT2D eigenvalue weighted by atomic mass is 10.0. The van der Waals surface area contributed by atoms with Crippen molar-refractivity contribution in [1.29, 1.82) is 0 Å². The first kappa shape index (κ1) is 15.8. The fourth-order valence-corrected chi connectivity index (χ4v) is 3.46. The minimum Gasteiger partial charge on any atom is -0.478 e. The number of hydrogen-bond acceptors (Lipinski definition) is 3. The third kappa shape index (κ3) is 2.89. The molecule has 1 N–H and O–H groups in total. The van der Waals surface area contributed by atoms with Crippen molar-refractivity contribution >= 4 is 16.9 Å². The summed E-state index contributed by atoms with van der Waals surface area (Å²) in [6.45, 7) is 1.35. The highest BCUT2D eigenvalue weighted by Gasteiger charge is 2.22. The van der Waals surface area contributed by atoms with Crippen molar-refractivity contribution in [3.63, 3.8) is 0 Å². The minimum atomic E-state index is -0.989. The molecule has 2 aromatic heterocycles. The van der Waals surface area contributed by atoms with Crippen molar-refractivity contribution in [2.24, 2.45) is 0 Å². The van der Waals surface area contributed by atoms with Crippen molar-refractivity contribution in [2.75, 3.05) is 13.2 Å². The van der Waals surface area contributed by atoms with E-state index < -0.39 is 5.97 Å². The molecule has 3 heterocycles. The highest BCUT2D eigenvalue weighted by molar-refractivity contribution is 5.90. The van der Waals surface area contributed by atoms with Crippen LogP contribution in [-0.2, 0) is 11.2 Å². The Kier molecular flexibility index (Phi) is 3.97. The number of aromatic carboxylic acids is 1. The van der Waals surface area contributed by atoms with Crippen molar-refractivity contribution in [2.45, 2.75) is 18.9 Å². The number of pyridine rings is 1. The van der Waals surface area contributed by atoms with Gasteiger partial charge in [-0.05, 0) is 41.8 Å². The molecular weight excluding hydrogens is 323 g/mol. The molecule has 6 heteroatoms. The zero-order valence-electron chi connectivity index (χ0n) is 13.5. The number of carboxylic acids is 1. The maximum Gasteiger partial charge on any atom is 0.336 e. The summed E-state index contributed by atoms with van der Waals surface area (Å²) in [6, 6.07) is 6.43. The normalized spacial score (nSPS) is 17.2. The van der Waals surface area contributed by atoms with E-state index in [1.807, 2.05) is 6.20 Å². The molecule has 0 saturated carbocycles. The fourth-order valence-electron chi connectivity index (χ4n) is 3.46. The van der Waals surface area contributed by atoms with Crippen LogP contribution in [0.1, 0.15) is 33.9 Å². The predicted molar refractivity (Wildman–Crippen MR) is 90.4 cm³/mol. The summed E-state index contributed by atoms with van der Waals surface area (Å²) in [4.78, 5) is 15.5. The molecule has 1 unspecified atom stereocenters. The van der Waals surface area contributed by atoms with Crippen molar-refractivity contribution < 1.29 is 19.0 Å². The highest BCUT2D eigenvalue weighted by Crippen LogP contribution is 2.31. The van der Waals surface area contributed by atoms with Crippen LogP contribution in [0, 0.1) is 5.82 Å². The number of benzene rings is 1. The average molecular weight is 340 g/mol. The van der Waals surface area contributed by atoms with E-state index in [4.69, 9.17) is 4.74 Å². The summed E-state index contributed by atoms with van der Waals surface area (Å²) < 4.78 is 21.4. The lowest BCUT2D eigenvalue weighted by molar-refractivity contribution is 0.0695. The van der Waals surface area contributed by atoms with Gasteiger partial charge in [0.25, 0.3) is 0 Å². The molecule has 3 aromatic rings. The molecule has 1 saturated heterocycles. The molecule has 0 radical (unpaired) electrons. The maximum absolute atomic E-state index is 13.8. The smallest absolute Gasteiger partial charge is 0.336 e. The number of carbonyl (C=O) groups is 1. The van der Waals surface area contributed by atoms with Crippen LogP contribution in [0.5, 0.6) is 0 Å². The molecule has 1 fully saturated rings. The number of nitrogens with zero attached hydrogens (tertiary/aromatic N) is 2. The Hall–Kier alpha value is -2.73. The molecule has 5 nitrogen and oxygen atoms in total. The van der Waals surface area contributed by atoms with Crippen LogP contribution in [0.2, 0.25) is 0 Å². The molecule has 0 bridgehead atoms. The molecule has 1 aromatic carbocycles. The first-order chi connectivity index (χ1) is 12.1. The van der Waals surface area contributed by atoms with Crippen LogP contribution in [0.4, 0.5) is 4.39 Å². The molecule has 0 spiro atoms. The van der Waals surface area contributed by atoms with Crippen LogP contribution in [0.25, 0.3) is 10.9 Å². The SMILES string of the molecule is O=C(O)c1ccncc1Cc1cn(C2CCOC2)c2ccc(F)cc12. The van der Waals surface area contributed by atoms with Gasteiger partial charge in [-0.1, -0.05) is 0 Å². The van der Waals surface area contributed by atoms with Crippen LogP contribution < -0.4 is 0 Å². The predicted octanol–water partition coefficient (Wildman–Crippen LogP) is 3.43. The second-order valence-corrected chi connectivity index (χ2v) is 6.26. The molecule has 0 amide bonds. The van der Waals surface area contributed by atoms with E-state index in [0.717, 1.165) is 22.9 Å². The molecular formula is C19H17FN2O3. The number of ether oxygens (including phenoxy) is 1. The van der Waals surface area contributed by atoms with Gasteiger partial charge < -0.3 is 14.4 Å². The standard InChI is InChI=1S/C19H17FN2O3/c20-14-1-2-18-17(8-14)13(10-22(18)15-4-6-25-11-15)7-12-9-21-5-3-16(12)19(23)24/h1-3,5,8-10,15H,4,6-7,11H2,(H,23,24). The third-order valence-corrected chi connectivity index (χ3v) is 4.69.